The van der Waals surface area contributed by atoms with Crippen LogP contribution in [-0.4, -0.2) is 12.6 Å². The third-order valence-corrected chi connectivity index (χ3v) is 5.61. The molecule has 4 rings (SSSR count). The maximum atomic E-state index is 14.8. The molecule has 0 radical (unpaired) electrons. The minimum atomic E-state index is -1.27. The minimum absolute atomic E-state index is 0.0636. The van der Waals surface area contributed by atoms with E-state index in [1.807, 2.05) is 19.1 Å². The van der Waals surface area contributed by atoms with Gasteiger partial charge in [0, 0.05) is 5.56 Å². The van der Waals surface area contributed by atoms with Crippen LogP contribution in [0.3, 0.4) is 0 Å². The van der Waals surface area contributed by atoms with Gasteiger partial charge in [-0.05, 0) is 65.9 Å². The highest BCUT2D eigenvalue weighted by atomic mass is 19.2. The third-order valence-electron chi connectivity index (χ3n) is 5.61. The molecule has 0 heterocycles. The molecule has 0 bridgehead atoms. The van der Waals surface area contributed by atoms with Crippen molar-refractivity contribution in [1.29, 1.82) is 0 Å². The molecule has 6 heteroatoms. The van der Waals surface area contributed by atoms with E-state index in [9.17, 15) is 18.0 Å². The molecule has 4 aromatic carbocycles. The predicted molar refractivity (Wildman–Crippen MR) is 129 cm³/mol. The molecule has 178 valence electrons. The highest BCUT2D eigenvalue weighted by Gasteiger charge is 2.21. The molecule has 3 nitrogen and oxygen atoms in total. The molecule has 0 amide bonds. The number of rotatable bonds is 7. The number of carbonyl (C=O) groups excluding carboxylic acids is 1. The molecular formula is C29H23F3O3. The molecule has 35 heavy (non-hydrogen) atoms. The first kappa shape index (κ1) is 24.1. The van der Waals surface area contributed by atoms with Gasteiger partial charge < -0.3 is 9.47 Å². The lowest BCUT2D eigenvalue weighted by Crippen LogP contribution is -2.12. The fourth-order valence-electron chi connectivity index (χ4n) is 3.68. The van der Waals surface area contributed by atoms with Gasteiger partial charge in [0.25, 0.3) is 0 Å². The van der Waals surface area contributed by atoms with Crippen LogP contribution in [-0.2, 0) is 6.42 Å². The summed E-state index contributed by atoms with van der Waals surface area (Å²) in [5.41, 5.74) is 2.44. The van der Waals surface area contributed by atoms with Crippen molar-refractivity contribution in [3.05, 3.63) is 107 Å². The number of aryl methyl sites for hydroxylation is 1. The maximum Gasteiger partial charge on any atom is 0.346 e. The summed E-state index contributed by atoms with van der Waals surface area (Å²) in [6.07, 6.45) is 0.833. The van der Waals surface area contributed by atoms with Gasteiger partial charge in [0.1, 0.15) is 5.75 Å². The van der Waals surface area contributed by atoms with Crippen LogP contribution >= 0.6 is 0 Å². The van der Waals surface area contributed by atoms with E-state index in [2.05, 4.69) is 0 Å². The van der Waals surface area contributed by atoms with Crippen LogP contribution < -0.4 is 9.47 Å². The Labute approximate surface area is 201 Å². The van der Waals surface area contributed by atoms with Crippen LogP contribution in [0.15, 0.2) is 78.9 Å². The molecule has 0 saturated carbocycles. The average molecular weight is 476 g/mol. The Kier molecular flexibility index (Phi) is 7.20. The van der Waals surface area contributed by atoms with Crippen LogP contribution in [0.2, 0.25) is 0 Å². The summed E-state index contributed by atoms with van der Waals surface area (Å²) < 4.78 is 54.1. The lowest BCUT2D eigenvalue weighted by molar-refractivity contribution is 0.0728. The minimum Gasteiger partial charge on any atom is -0.491 e. The molecule has 0 spiro atoms. The highest BCUT2D eigenvalue weighted by Crippen LogP contribution is 2.29. The zero-order chi connectivity index (χ0) is 24.9. The van der Waals surface area contributed by atoms with Gasteiger partial charge in [-0.2, -0.15) is 0 Å². The molecule has 0 fully saturated rings. The molecule has 0 aliphatic carbocycles. The van der Waals surface area contributed by atoms with Gasteiger partial charge in [-0.1, -0.05) is 55.5 Å². The lowest BCUT2D eigenvalue weighted by Gasteiger charge is -2.10. The van der Waals surface area contributed by atoms with Crippen LogP contribution in [0.1, 0.15) is 29.8 Å². The van der Waals surface area contributed by atoms with Crippen LogP contribution in [0.4, 0.5) is 13.2 Å². The van der Waals surface area contributed by atoms with E-state index in [0.29, 0.717) is 23.3 Å². The molecule has 0 aliphatic rings. The van der Waals surface area contributed by atoms with E-state index in [0.717, 1.165) is 12.0 Å². The summed E-state index contributed by atoms with van der Waals surface area (Å²) in [4.78, 5) is 12.5. The fourth-order valence-corrected chi connectivity index (χ4v) is 3.68. The van der Waals surface area contributed by atoms with Crippen LogP contribution in [0.5, 0.6) is 11.5 Å². The number of hydrogen-bond donors (Lipinski definition) is 0. The second-order valence-electron chi connectivity index (χ2n) is 7.83. The number of hydrogen-bond acceptors (Lipinski definition) is 3. The zero-order valence-corrected chi connectivity index (χ0v) is 19.3. The summed E-state index contributed by atoms with van der Waals surface area (Å²) in [6, 6.07) is 20.6. The van der Waals surface area contributed by atoms with Crippen molar-refractivity contribution in [2.24, 2.45) is 0 Å². The zero-order valence-electron chi connectivity index (χ0n) is 19.3. The molecule has 0 saturated heterocycles. The Bertz CT molecular complexity index is 1350. The van der Waals surface area contributed by atoms with Crippen molar-refractivity contribution < 1.29 is 27.4 Å². The monoisotopic (exact) mass is 476 g/mol. The summed E-state index contributed by atoms with van der Waals surface area (Å²) in [6.45, 7) is 4.13. The fraction of sp³-hybridized carbons (Fsp3) is 0.138. The topological polar surface area (TPSA) is 35.5 Å². The van der Waals surface area contributed by atoms with Crippen molar-refractivity contribution in [2.75, 3.05) is 6.61 Å². The van der Waals surface area contributed by atoms with Gasteiger partial charge in [0.2, 0.25) is 0 Å². The first-order valence-electron chi connectivity index (χ1n) is 11.2. The van der Waals surface area contributed by atoms with Crippen molar-refractivity contribution in [3.63, 3.8) is 0 Å². The van der Waals surface area contributed by atoms with E-state index in [1.54, 1.807) is 43.3 Å². The lowest BCUT2D eigenvalue weighted by atomic mass is 10.0. The predicted octanol–water partition coefficient (Wildman–Crippen LogP) is 7.62. The van der Waals surface area contributed by atoms with Gasteiger partial charge in [-0.15, -0.1) is 0 Å². The summed E-state index contributed by atoms with van der Waals surface area (Å²) in [5.74, 6) is -3.58. The van der Waals surface area contributed by atoms with E-state index in [1.165, 1.54) is 30.3 Å². The quantitative estimate of drug-likeness (QED) is 0.203. The van der Waals surface area contributed by atoms with E-state index in [4.69, 9.17) is 9.47 Å². The molecule has 0 atom stereocenters. The summed E-state index contributed by atoms with van der Waals surface area (Å²) in [5, 5.41) is 0. The molecular weight excluding hydrogens is 453 g/mol. The Morgan fingerprint density at radius 2 is 1.40 bits per heavy atom. The number of esters is 1. The van der Waals surface area contributed by atoms with Crippen LogP contribution in [0, 0.1) is 17.5 Å². The summed E-state index contributed by atoms with van der Waals surface area (Å²) >= 11 is 0. The Morgan fingerprint density at radius 3 is 2.03 bits per heavy atom. The standard InChI is InChI=1S/C29H23F3O3/c1-3-18-5-7-20(8-6-18)23-14-15-24(28(32)27(23)31)29(33)35-22-12-9-19(10-13-22)21-11-16-26(34-4-2)25(30)17-21/h5-17H,3-4H2,1-2H3. The second kappa shape index (κ2) is 10.5. The highest BCUT2D eigenvalue weighted by molar-refractivity contribution is 5.92. The number of ether oxygens (including phenoxy) is 2. The van der Waals surface area contributed by atoms with E-state index < -0.39 is 29.0 Å². The van der Waals surface area contributed by atoms with E-state index in [-0.39, 0.29) is 17.1 Å². The number of carbonyl (C=O) groups is 1. The largest absolute Gasteiger partial charge is 0.491 e. The van der Waals surface area contributed by atoms with Gasteiger partial charge in [0.05, 0.1) is 12.2 Å². The maximum absolute atomic E-state index is 14.8. The Balaban J connectivity index is 1.50. The second-order valence-corrected chi connectivity index (χ2v) is 7.83. The molecule has 0 N–H and O–H groups in total. The van der Waals surface area contributed by atoms with Crippen LogP contribution in [0.25, 0.3) is 22.3 Å². The summed E-state index contributed by atoms with van der Waals surface area (Å²) in [7, 11) is 0. The first-order chi connectivity index (χ1) is 16.9. The molecule has 0 aromatic heterocycles. The normalized spacial score (nSPS) is 10.8. The first-order valence-corrected chi connectivity index (χ1v) is 11.2. The smallest absolute Gasteiger partial charge is 0.346 e. The molecule has 0 unspecified atom stereocenters. The van der Waals surface area contributed by atoms with Gasteiger partial charge in [-0.3, -0.25) is 0 Å². The van der Waals surface area contributed by atoms with Gasteiger partial charge in [-0.25, -0.2) is 18.0 Å². The van der Waals surface area contributed by atoms with Crippen molar-refractivity contribution in [1.82, 2.24) is 0 Å². The molecule has 4 aromatic rings. The Morgan fingerprint density at radius 1 is 0.743 bits per heavy atom. The molecule has 0 aliphatic heterocycles. The van der Waals surface area contributed by atoms with E-state index >= 15 is 0 Å². The Hall–Kier alpha value is -4.06. The average Bonchev–Trinajstić information content (AvgIpc) is 2.87. The number of benzene rings is 4. The van der Waals surface area contributed by atoms with Crippen molar-refractivity contribution in [2.45, 2.75) is 20.3 Å². The van der Waals surface area contributed by atoms with Crippen molar-refractivity contribution >= 4 is 5.97 Å². The van der Waals surface area contributed by atoms with Gasteiger partial charge in [0.15, 0.2) is 23.2 Å². The number of halogens is 3. The van der Waals surface area contributed by atoms with Gasteiger partial charge >= 0.3 is 5.97 Å². The van der Waals surface area contributed by atoms with Crippen molar-refractivity contribution in [3.8, 4) is 33.8 Å². The SMILES string of the molecule is CCOc1ccc(-c2ccc(OC(=O)c3ccc(-c4ccc(CC)cc4)c(F)c3F)cc2)cc1F. The third kappa shape index (κ3) is 5.22.